The Kier molecular flexibility index (Phi) is 16.6. The van der Waals surface area contributed by atoms with Gasteiger partial charge in [-0.3, -0.25) is 32.9 Å². The molecule has 0 radical (unpaired) electrons. The molecule has 0 bridgehead atoms. The van der Waals surface area contributed by atoms with Crippen LogP contribution in [-0.2, 0) is 55.5 Å². The Morgan fingerprint density at radius 1 is 1.07 bits per heavy atom. The molecule has 2 aromatic rings. The third-order valence-corrected chi connectivity index (χ3v) is 11.7. The molecule has 316 valence electrons. The highest BCUT2D eigenvalue weighted by Crippen LogP contribution is 2.56. The number of aliphatic carboxylic acids is 1. The molecule has 30 heteroatoms. The van der Waals surface area contributed by atoms with E-state index < -0.39 is 102 Å². The summed E-state index contributed by atoms with van der Waals surface area (Å²) in [5, 5.41) is 34.4. The number of phosphoric acid groups is 3. The summed E-state index contributed by atoms with van der Waals surface area (Å²) in [4.78, 5) is 107. The number of amides is 2. The molecule has 0 aliphatic carbocycles. The molecule has 7 N–H and O–H groups in total. The highest BCUT2D eigenvalue weighted by atomic mass is 32.2. The van der Waals surface area contributed by atoms with Crippen LogP contribution in [-0.4, -0.2) is 114 Å². The Bertz CT molecular complexity index is 1880. The maximum absolute atomic E-state index is 12.5. The molecule has 8 atom stereocenters. The first-order chi connectivity index (χ1) is 25.9. The molecule has 2 amide bonds. The largest absolute Gasteiger partial charge is 0.790 e. The second kappa shape index (κ2) is 19.7. The first-order valence-electron chi connectivity index (χ1n) is 16.1. The maximum atomic E-state index is 12.5. The van der Waals surface area contributed by atoms with Crippen molar-refractivity contribution >= 4 is 75.1 Å². The number of carboxylic acids is 1. The molecule has 1 aliphatic heterocycles. The van der Waals surface area contributed by atoms with E-state index in [2.05, 4.69) is 43.5 Å². The molecule has 56 heavy (non-hydrogen) atoms. The summed E-state index contributed by atoms with van der Waals surface area (Å²) >= 11 is 0.739. The normalized spacial score (nSPS) is 22.2. The Balaban J connectivity index is 1.49. The number of nitrogens with zero attached hydrogens (tertiary/aromatic N) is 4. The lowest BCUT2D eigenvalue weighted by molar-refractivity contribution is -0.347. The van der Waals surface area contributed by atoms with Gasteiger partial charge in [-0.25, -0.2) is 19.3 Å². The van der Waals surface area contributed by atoms with E-state index in [1.54, 1.807) is 6.92 Å². The summed E-state index contributed by atoms with van der Waals surface area (Å²) in [6.07, 6.45) is -7.69. The summed E-state index contributed by atoms with van der Waals surface area (Å²) in [7, 11) is -17.7. The molecule has 26 nitrogen and oxygen atoms in total. The van der Waals surface area contributed by atoms with Gasteiger partial charge in [0.15, 0.2) is 17.7 Å². The number of hydrogen-bond acceptors (Lipinski definition) is 23. The number of anilines is 1. The molecule has 2 aromatic heterocycles. The van der Waals surface area contributed by atoms with Crippen LogP contribution in [0.4, 0.5) is 5.82 Å². The van der Waals surface area contributed by atoms with Crippen LogP contribution in [0, 0.1) is 11.3 Å². The van der Waals surface area contributed by atoms with Gasteiger partial charge >= 0.3 is 5.97 Å². The summed E-state index contributed by atoms with van der Waals surface area (Å²) in [5.41, 5.74) is 4.00. The van der Waals surface area contributed by atoms with E-state index >= 15 is 0 Å². The van der Waals surface area contributed by atoms with E-state index in [4.69, 9.17) is 15.6 Å². The van der Waals surface area contributed by atoms with Gasteiger partial charge in [-0.1, -0.05) is 32.5 Å². The molecule has 0 spiro atoms. The van der Waals surface area contributed by atoms with Crippen molar-refractivity contribution < 1.29 is 90.4 Å². The predicted octanol–water partition coefficient (Wildman–Crippen LogP) is -3.75. The number of imidazole rings is 1. The van der Waals surface area contributed by atoms with Gasteiger partial charge in [0.2, 0.25) is 16.9 Å². The van der Waals surface area contributed by atoms with E-state index in [0.29, 0.717) is 0 Å². The number of phosphoric ester groups is 3. The average molecular weight is 878 g/mol. The molecule has 1 aliphatic rings. The van der Waals surface area contributed by atoms with Crippen LogP contribution in [0.2, 0.25) is 0 Å². The number of carboxylic acid groups (broad SMARTS) is 1. The Morgan fingerprint density at radius 2 is 1.73 bits per heavy atom. The number of nitrogens with two attached hydrogens (primary N) is 1. The molecule has 0 saturated carbocycles. The van der Waals surface area contributed by atoms with E-state index in [-0.39, 0.29) is 48.7 Å². The molecule has 1 saturated heterocycles. The van der Waals surface area contributed by atoms with Gasteiger partial charge in [0.05, 0.1) is 27.4 Å². The maximum Gasteiger partial charge on any atom is 0.314 e. The van der Waals surface area contributed by atoms with E-state index in [0.717, 1.165) is 42.8 Å². The highest BCUT2D eigenvalue weighted by Gasteiger charge is 2.47. The second-order valence-corrected chi connectivity index (χ2v) is 17.6. The van der Waals surface area contributed by atoms with Crippen molar-refractivity contribution in [2.45, 2.75) is 64.3 Å². The third-order valence-electron chi connectivity index (χ3n) is 7.71. The van der Waals surface area contributed by atoms with Crippen LogP contribution in [0.15, 0.2) is 12.7 Å². The minimum atomic E-state index is -5.93. The standard InChI is InChI=1S/C26H42N7O19P3S/c1-4-13(24(38)39)25(40)56-8-7-28-15(34)5-6-29-22(37)19(36)26(2,3)10-49-55(46,47)52-54(44,45)48-9-14-18(51-53(41,42)43)17(35)23(50-14)33-12-32-16-20(27)30-11-31-21(16)33/h11-14,17-19,23,35-36H,4-10H2,1-3H3,(H,28,34)(H,29,37)(H,38,39)(H,44,45)(H,46,47)(H2,27,30,31)(H2,41,42,43)/p-4. The quantitative estimate of drug-likeness (QED) is 0.0376. The zero-order valence-corrected chi connectivity index (χ0v) is 33.1. The monoisotopic (exact) mass is 877 g/mol. The van der Waals surface area contributed by atoms with Crippen LogP contribution in [0.1, 0.15) is 39.8 Å². The van der Waals surface area contributed by atoms with Crippen molar-refractivity contribution in [3.05, 3.63) is 12.7 Å². The van der Waals surface area contributed by atoms with Crippen molar-refractivity contribution in [3.63, 3.8) is 0 Å². The van der Waals surface area contributed by atoms with Crippen molar-refractivity contribution in [3.8, 4) is 0 Å². The number of nitrogens with one attached hydrogen (secondary N) is 2. The molecule has 3 rings (SSSR count). The number of carbonyl (C=O) groups is 4. The van der Waals surface area contributed by atoms with Crippen molar-refractivity contribution in [1.29, 1.82) is 0 Å². The molecule has 0 aromatic carbocycles. The molecule has 8 unspecified atom stereocenters. The number of aliphatic hydroxyl groups is 2. The van der Waals surface area contributed by atoms with E-state index in [1.807, 2.05) is 0 Å². The smallest absolute Gasteiger partial charge is 0.314 e. The second-order valence-electron chi connectivity index (χ2n) is 12.4. The van der Waals surface area contributed by atoms with Crippen LogP contribution in [0.25, 0.3) is 11.2 Å². The number of rotatable bonds is 22. The van der Waals surface area contributed by atoms with Gasteiger partial charge in [0.25, 0.3) is 15.6 Å². The summed E-state index contributed by atoms with van der Waals surface area (Å²) < 4.78 is 60.3. The molecule has 1 fully saturated rings. The number of thioether (sulfide) groups is 1. The lowest BCUT2D eigenvalue weighted by atomic mass is 9.87. The average Bonchev–Trinajstić information content (AvgIpc) is 3.64. The first kappa shape index (κ1) is 47.4. The fourth-order valence-electron chi connectivity index (χ4n) is 4.80. The number of fused-ring (bicyclic) bond motifs is 1. The van der Waals surface area contributed by atoms with E-state index in [1.165, 1.54) is 0 Å². The zero-order chi connectivity index (χ0) is 42.2. The minimum absolute atomic E-state index is 0.0140. The van der Waals surface area contributed by atoms with Crippen LogP contribution < -0.4 is 35.9 Å². The van der Waals surface area contributed by atoms with Gasteiger partial charge in [0, 0.05) is 30.7 Å². The molecular weight excluding hydrogens is 839 g/mol. The van der Waals surface area contributed by atoms with Crippen LogP contribution >= 0.6 is 35.2 Å². The zero-order valence-electron chi connectivity index (χ0n) is 29.6. The Morgan fingerprint density at radius 3 is 2.36 bits per heavy atom. The topological polar surface area (TPSA) is 412 Å². The summed E-state index contributed by atoms with van der Waals surface area (Å²) in [5.74, 6) is -4.04. The fraction of sp³-hybridized carbons (Fsp3) is 0.654. The minimum Gasteiger partial charge on any atom is -0.790 e. The van der Waals surface area contributed by atoms with Crippen LogP contribution in [0.3, 0.4) is 0 Å². The molecule has 3 heterocycles. The van der Waals surface area contributed by atoms with Crippen molar-refractivity contribution in [1.82, 2.24) is 30.2 Å². The fourth-order valence-corrected chi connectivity index (χ4v) is 8.41. The third kappa shape index (κ3) is 13.6. The Labute approximate surface area is 321 Å². The summed E-state index contributed by atoms with van der Waals surface area (Å²) in [6, 6.07) is 0. The van der Waals surface area contributed by atoms with Gasteiger partial charge < -0.3 is 74.1 Å². The number of aliphatic hydroxyl groups excluding tert-OH is 2. The number of hydrogen-bond donors (Lipinski definition) is 6. The van der Waals surface area contributed by atoms with E-state index in [9.17, 15) is 62.7 Å². The van der Waals surface area contributed by atoms with Crippen molar-refractivity contribution in [2.24, 2.45) is 11.3 Å². The van der Waals surface area contributed by atoms with Gasteiger partial charge in [-0.15, -0.1) is 0 Å². The Hall–Kier alpha value is -2.97. The highest BCUT2D eigenvalue weighted by molar-refractivity contribution is 8.13. The van der Waals surface area contributed by atoms with Gasteiger partial charge in [0.1, 0.15) is 42.2 Å². The summed E-state index contributed by atoms with van der Waals surface area (Å²) in [6.45, 7) is 1.28. The SMILES string of the molecule is CCC(C(=O)O)C(=O)SCCNC(=O)CCNC(=O)C(O)C(C)(C)COP(=O)([O-])OP(=O)([O-])OCC1OC(n2cnc3c(N)ncnc32)C(O)C1OP(=O)([O-])[O-]. The number of carbonyl (C=O) groups excluding carboxylic acids is 3. The van der Waals surface area contributed by atoms with Gasteiger partial charge in [-0.05, 0) is 6.42 Å². The predicted molar refractivity (Wildman–Crippen MR) is 180 cm³/mol. The first-order valence-corrected chi connectivity index (χ1v) is 21.5. The van der Waals surface area contributed by atoms with Crippen molar-refractivity contribution in [2.75, 3.05) is 37.8 Å². The lowest BCUT2D eigenvalue weighted by Crippen LogP contribution is -2.46. The van der Waals surface area contributed by atoms with Gasteiger partial charge in [-0.2, -0.15) is 0 Å². The lowest BCUT2D eigenvalue weighted by Gasteiger charge is -2.36. The number of aromatic nitrogens is 4. The number of ether oxygens (including phenoxy) is 1. The van der Waals surface area contributed by atoms with Crippen LogP contribution in [0.5, 0.6) is 0 Å². The number of nitrogen functional groups attached to an aromatic ring is 1. The molecular formula is C26H38N7O19P3S-4.